The molecule has 15 heavy (non-hydrogen) atoms. The molecule has 8 heteroatoms. The average molecular weight is 271 g/mol. The van der Waals surface area contributed by atoms with Crippen LogP contribution in [0.1, 0.15) is 4.88 Å². The fourth-order valence-electron chi connectivity index (χ4n) is 0.866. The highest BCUT2D eigenvalue weighted by molar-refractivity contribution is 7.90. The summed E-state index contributed by atoms with van der Waals surface area (Å²) in [6, 6.07) is 1.70. The molecule has 0 aromatic carbocycles. The van der Waals surface area contributed by atoms with Gasteiger partial charge in [-0.2, -0.15) is 8.68 Å². The first-order valence-corrected chi connectivity index (χ1v) is 6.91. The van der Waals surface area contributed by atoms with Gasteiger partial charge in [0.25, 0.3) is 0 Å². The van der Waals surface area contributed by atoms with Gasteiger partial charge in [0.05, 0.1) is 7.11 Å². The van der Waals surface area contributed by atoms with Gasteiger partial charge in [0.15, 0.2) is 0 Å². The minimum atomic E-state index is -3.36. The minimum absolute atomic E-state index is 0.260. The SMILES string of the molecule is COc1cc(CN(C)S(=O)(=O)CCl)sn1. The van der Waals surface area contributed by atoms with Crippen molar-refractivity contribution in [2.45, 2.75) is 6.54 Å². The molecule has 1 aromatic heterocycles. The van der Waals surface area contributed by atoms with Crippen LogP contribution in [0, 0.1) is 0 Å². The van der Waals surface area contributed by atoms with Crippen LogP contribution < -0.4 is 4.74 Å². The Morgan fingerprint density at radius 3 is 2.80 bits per heavy atom. The smallest absolute Gasteiger partial charge is 0.228 e. The number of ether oxygens (including phenoxy) is 1. The molecule has 0 aliphatic carbocycles. The summed E-state index contributed by atoms with van der Waals surface area (Å²) in [6.45, 7) is 0.260. The van der Waals surface area contributed by atoms with Crippen molar-refractivity contribution in [3.63, 3.8) is 0 Å². The largest absolute Gasteiger partial charge is 0.480 e. The van der Waals surface area contributed by atoms with Crippen LogP contribution in [0.3, 0.4) is 0 Å². The highest BCUT2D eigenvalue weighted by Gasteiger charge is 2.17. The van der Waals surface area contributed by atoms with Crippen molar-refractivity contribution in [2.24, 2.45) is 0 Å². The number of aromatic nitrogens is 1. The lowest BCUT2D eigenvalue weighted by Gasteiger charge is -2.13. The topological polar surface area (TPSA) is 59.5 Å². The summed E-state index contributed by atoms with van der Waals surface area (Å²) in [5, 5.41) is -0.417. The van der Waals surface area contributed by atoms with Gasteiger partial charge in [0, 0.05) is 24.5 Å². The first-order valence-electron chi connectivity index (χ1n) is 3.99. The Morgan fingerprint density at radius 1 is 1.67 bits per heavy atom. The van der Waals surface area contributed by atoms with Gasteiger partial charge in [0.2, 0.25) is 15.9 Å². The second-order valence-electron chi connectivity index (χ2n) is 2.81. The highest BCUT2D eigenvalue weighted by Crippen LogP contribution is 2.18. The summed E-state index contributed by atoms with van der Waals surface area (Å²) in [4.78, 5) is 0.808. The standard InChI is InChI=1S/C7H11ClN2O3S2/c1-10(15(11,12)5-8)4-6-3-7(13-2)9-14-6/h3H,4-5H2,1-2H3. The van der Waals surface area contributed by atoms with E-state index in [-0.39, 0.29) is 6.54 Å². The summed E-state index contributed by atoms with van der Waals surface area (Å²) in [5.41, 5.74) is 0. The Balaban J connectivity index is 2.70. The molecule has 0 fully saturated rings. The molecule has 0 unspecified atom stereocenters. The maximum absolute atomic E-state index is 11.3. The molecule has 86 valence electrons. The van der Waals surface area contributed by atoms with Crippen LogP contribution in [0.15, 0.2) is 6.07 Å². The van der Waals surface area contributed by atoms with Crippen LogP contribution in [0.25, 0.3) is 0 Å². The van der Waals surface area contributed by atoms with Crippen molar-refractivity contribution in [1.82, 2.24) is 8.68 Å². The van der Waals surface area contributed by atoms with Crippen LogP contribution >= 0.6 is 23.1 Å². The number of nitrogens with zero attached hydrogens (tertiary/aromatic N) is 2. The quantitative estimate of drug-likeness (QED) is 0.752. The van der Waals surface area contributed by atoms with E-state index in [0.717, 1.165) is 4.88 Å². The molecular weight excluding hydrogens is 260 g/mol. The van der Waals surface area contributed by atoms with Gasteiger partial charge < -0.3 is 4.74 Å². The summed E-state index contributed by atoms with van der Waals surface area (Å²) in [7, 11) is -0.369. The van der Waals surface area contributed by atoms with Crippen LogP contribution in [0.5, 0.6) is 5.88 Å². The molecule has 0 aliphatic heterocycles. The van der Waals surface area contributed by atoms with E-state index in [1.165, 1.54) is 30.0 Å². The summed E-state index contributed by atoms with van der Waals surface area (Å²) < 4.78 is 32.7. The van der Waals surface area contributed by atoms with Crippen molar-refractivity contribution in [1.29, 1.82) is 0 Å². The Labute approximate surface area is 97.8 Å². The van der Waals surface area contributed by atoms with Gasteiger partial charge in [-0.05, 0) is 11.5 Å². The average Bonchev–Trinajstić information content (AvgIpc) is 2.65. The molecule has 1 rings (SSSR count). The van der Waals surface area contributed by atoms with Crippen molar-refractivity contribution in [3.8, 4) is 5.88 Å². The molecule has 0 spiro atoms. The van der Waals surface area contributed by atoms with Crippen molar-refractivity contribution in [3.05, 3.63) is 10.9 Å². The number of rotatable bonds is 5. The molecule has 0 N–H and O–H groups in total. The van der Waals surface area contributed by atoms with Gasteiger partial charge in [-0.15, -0.1) is 11.6 Å². The third kappa shape index (κ3) is 3.30. The number of hydrogen-bond acceptors (Lipinski definition) is 5. The number of halogens is 1. The Morgan fingerprint density at radius 2 is 2.33 bits per heavy atom. The van der Waals surface area contributed by atoms with E-state index in [4.69, 9.17) is 16.3 Å². The normalized spacial score (nSPS) is 12.0. The lowest BCUT2D eigenvalue weighted by Crippen LogP contribution is -2.26. The van der Waals surface area contributed by atoms with E-state index in [1.54, 1.807) is 6.07 Å². The zero-order chi connectivity index (χ0) is 11.5. The molecule has 0 saturated carbocycles. The van der Waals surface area contributed by atoms with E-state index >= 15 is 0 Å². The monoisotopic (exact) mass is 270 g/mol. The van der Waals surface area contributed by atoms with Crippen molar-refractivity contribution in [2.75, 3.05) is 19.4 Å². The van der Waals surface area contributed by atoms with E-state index < -0.39 is 15.2 Å². The summed E-state index contributed by atoms with van der Waals surface area (Å²) >= 11 is 6.53. The van der Waals surface area contributed by atoms with Gasteiger partial charge in [-0.1, -0.05) is 0 Å². The summed E-state index contributed by atoms with van der Waals surface area (Å²) in [6.07, 6.45) is 0. The van der Waals surface area contributed by atoms with Crippen LogP contribution in [-0.2, 0) is 16.6 Å². The predicted octanol–water partition coefficient (Wildman–Crippen LogP) is 1.11. The lowest BCUT2D eigenvalue weighted by atomic mass is 10.5. The number of hydrogen-bond donors (Lipinski definition) is 0. The number of methoxy groups -OCH3 is 1. The van der Waals surface area contributed by atoms with E-state index in [1.807, 2.05) is 0 Å². The molecule has 0 aliphatic rings. The predicted molar refractivity (Wildman–Crippen MR) is 59.8 cm³/mol. The maximum atomic E-state index is 11.3. The van der Waals surface area contributed by atoms with Crippen LogP contribution in [0.4, 0.5) is 0 Å². The van der Waals surface area contributed by atoms with E-state index in [9.17, 15) is 8.42 Å². The second-order valence-corrected chi connectivity index (χ2v) is 6.36. The van der Waals surface area contributed by atoms with Gasteiger partial charge in [-0.3, -0.25) is 0 Å². The maximum Gasteiger partial charge on any atom is 0.228 e. The third-order valence-corrected chi connectivity index (χ3v) is 4.67. The molecule has 0 bridgehead atoms. The minimum Gasteiger partial charge on any atom is -0.480 e. The molecule has 0 saturated heterocycles. The molecule has 1 aromatic rings. The Hall–Kier alpha value is -0.370. The zero-order valence-electron chi connectivity index (χ0n) is 8.31. The lowest BCUT2D eigenvalue weighted by molar-refractivity contribution is 0.402. The number of alkyl halides is 1. The van der Waals surface area contributed by atoms with Gasteiger partial charge in [0.1, 0.15) is 5.21 Å². The molecular formula is C7H11ClN2O3S2. The Bertz CT molecular complexity index is 418. The molecule has 0 atom stereocenters. The molecule has 0 radical (unpaired) electrons. The zero-order valence-corrected chi connectivity index (χ0v) is 10.7. The molecule has 5 nitrogen and oxygen atoms in total. The first-order chi connectivity index (χ1) is 6.99. The first kappa shape index (κ1) is 12.7. The fraction of sp³-hybridized carbons (Fsp3) is 0.571. The molecule has 1 heterocycles. The van der Waals surface area contributed by atoms with Gasteiger partial charge >= 0.3 is 0 Å². The Kier molecular flexibility index (Phi) is 4.32. The molecule has 0 amide bonds. The van der Waals surface area contributed by atoms with Crippen molar-refractivity contribution >= 4 is 33.2 Å². The van der Waals surface area contributed by atoms with Crippen molar-refractivity contribution < 1.29 is 13.2 Å². The fourth-order valence-corrected chi connectivity index (χ4v) is 2.69. The second kappa shape index (κ2) is 5.11. The van der Waals surface area contributed by atoms with Crippen LogP contribution in [0.2, 0.25) is 0 Å². The highest BCUT2D eigenvalue weighted by atomic mass is 35.5. The van der Waals surface area contributed by atoms with Crippen LogP contribution in [-0.4, -0.2) is 36.5 Å². The third-order valence-electron chi connectivity index (χ3n) is 1.74. The van der Waals surface area contributed by atoms with Gasteiger partial charge in [-0.25, -0.2) is 8.42 Å². The van der Waals surface area contributed by atoms with E-state index in [2.05, 4.69) is 4.37 Å². The van der Waals surface area contributed by atoms with E-state index in [0.29, 0.717) is 5.88 Å². The number of sulfonamides is 1. The summed E-state index contributed by atoms with van der Waals surface area (Å²) in [5.74, 6) is 0.492.